The number of rotatable bonds is 4. The first-order valence-electron chi connectivity index (χ1n) is 6.16. The van der Waals surface area contributed by atoms with E-state index in [1.165, 1.54) is 17.6 Å². The highest BCUT2D eigenvalue weighted by atomic mass is 32.1. The van der Waals surface area contributed by atoms with Gasteiger partial charge >= 0.3 is 5.97 Å². The molecule has 0 radical (unpaired) electrons. The number of hydrogen-bond acceptors (Lipinski definition) is 5. The number of carbonyl (C=O) groups is 2. The zero-order valence-corrected chi connectivity index (χ0v) is 12.3. The standard InChI is InChI=1S/C14H15NO4S/c1-4-18-14(17)12-8(2)7-11(20-12)15-13(16)10-5-6-19-9(10)3/h5-7H,4H2,1-3H3,(H,15,16). The highest BCUT2D eigenvalue weighted by Crippen LogP contribution is 2.28. The molecule has 1 N–H and O–H groups in total. The summed E-state index contributed by atoms with van der Waals surface area (Å²) in [6.45, 7) is 5.61. The number of amides is 1. The Balaban J connectivity index is 2.15. The summed E-state index contributed by atoms with van der Waals surface area (Å²) in [6, 6.07) is 3.36. The fourth-order valence-corrected chi connectivity index (χ4v) is 2.70. The van der Waals surface area contributed by atoms with Crippen molar-refractivity contribution in [1.82, 2.24) is 0 Å². The number of nitrogens with one attached hydrogen (secondary N) is 1. The topological polar surface area (TPSA) is 68.5 Å². The SMILES string of the molecule is CCOC(=O)c1sc(NC(=O)c2ccoc2C)cc1C. The van der Waals surface area contributed by atoms with Gasteiger partial charge in [0.2, 0.25) is 0 Å². The van der Waals surface area contributed by atoms with Crippen LogP contribution in [0.5, 0.6) is 0 Å². The Morgan fingerprint density at radius 2 is 2.15 bits per heavy atom. The molecule has 106 valence electrons. The third-order valence-corrected chi connectivity index (χ3v) is 3.85. The molecule has 2 aromatic rings. The summed E-state index contributed by atoms with van der Waals surface area (Å²) in [5.41, 5.74) is 1.27. The van der Waals surface area contributed by atoms with Crippen molar-refractivity contribution in [3.8, 4) is 0 Å². The van der Waals surface area contributed by atoms with E-state index in [0.29, 0.717) is 27.8 Å². The van der Waals surface area contributed by atoms with E-state index in [0.717, 1.165) is 5.56 Å². The van der Waals surface area contributed by atoms with Gasteiger partial charge in [0.15, 0.2) is 0 Å². The van der Waals surface area contributed by atoms with Gasteiger partial charge in [-0.2, -0.15) is 0 Å². The first-order chi connectivity index (χ1) is 9.52. The smallest absolute Gasteiger partial charge is 0.348 e. The molecule has 0 aliphatic carbocycles. The predicted octanol–water partition coefficient (Wildman–Crippen LogP) is 3.39. The van der Waals surface area contributed by atoms with Crippen molar-refractivity contribution in [3.05, 3.63) is 40.2 Å². The zero-order chi connectivity index (χ0) is 14.7. The second-order valence-electron chi connectivity index (χ2n) is 4.19. The Bertz CT molecular complexity index is 641. The summed E-state index contributed by atoms with van der Waals surface area (Å²) in [5, 5.41) is 3.36. The van der Waals surface area contributed by atoms with Crippen LogP contribution in [0.4, 0.5) is 5.00 Å². The molecule has 0 bridgehead atoms. The van der Waals surface area contributed by atoms with E-state index in [1.54, 1.807) is 26.0 Å². The third-order valence-electron chi connectivity index (χ3n) is 2.72. The summed E-state index contributed by atoms with van der Waals surface area (Å²) in [6.07, 6.45) is 1.47. The maximum absolute atomic E-state index is 12.0. The highest BCUT2D eigenvalue weighted by Gasteiger charge is 2.17. The molecule has 2 heterocycles. The largest absolute Gasteiger partial charge is 0.469 e. The molecule has 0 aliphatic heterocycles. The minimum Gasteiger partial charge on any atom is -0.469 e. The highest BCUT2D eigenvalue weighted by molar-refractivity contribution is 7.18. The maximum Gasteiger partial charge on any atom is 0.348 e. The molecule has 5 nitrogen and oxygen atoms in total. The van der Waals surface area contributed by atoms with E-state index < -0.39 is 0 Å². The first-order valence-corrected chi connectivity index (χ1v) is 6.97. The van der Waals surface area contributed by atoms with Gasteiger partial charge in [-0.15, -0.1) is 11.3 Å². The van der Waals surface area contributed by atoms with Crippen LogP contribution in [0.3, 0.4) is 0 Å². The van der Waals surface area contributed by atoms with Gasteiger partial charge in [-0.25, -0.2) is 4.79 Å². The molecule has 1 amide bonds. The van der Waals surface area contributed by atoms with Gasteiger partial charge in [0.25, 0.3) is 5.91 Å². The average molecular weight is 293 g/mol. The Kier molecular flexibility index (Phi) is 4.24. The molecule has 6 heteroatoms. The summed E-state index contributed by atoms with van der Waals surface area (Å²) in [4.78, 5) is 24.2. The third kappa shape index (κ3) is 2.91. The molecule has 0 fully saturated rings. The average Bonchev–Trinajstić information content (AvgIpc) is 2.96. The Morgan fingerprint density at radius 1 is 1.40 bits per heavy atom. The Hall–Kier alpha value is -2.08. The van der Waals surface area contributed by atoms with E-state index in [9.17, 15) is 9.59 Å². The minimum atomic E-state index is -0.366. The number of anilines is 1. The van der Waals surface area contributed by atoms with Crippen molar-refractivity contribution >= 4 is 28.2 Å². The van der Waals surface area contributed by atoms with Crippen molar-refractivity contribution in [1.29, 1.82) is 0 Å². The lowest BCUT2D eigenvalue weighted by Crippen LogP contribution is -2.10. The molecular formula is C14H15NO4S. The molecule has 0 saturated heterocycles. The van der Waals surface area contributed by atoms with Crippen LogP contribution in [0.15, 0.2) is 22.8 Å². The number of carbonyl (C=O) groups excluding carboxylic acids is 2. The lowest BCUT2D eigenvalue weighted by molar-refractivity contribution is 0.0531. The van der Waals surface area contributed by atoms with Crippen LogP contribution < -0.4 is 5.32 Å². The summed E-state index contributed by atoms with van der Waals surface area (Å²) in [7, 11) is 0. The molecular weight excluding hydrogens is 278 g/mol. The van der Waals surface area contributed by atoms with E-state index in [-0.39, 0.29) is 11.9 Å². The minimum absolute atomic E-state index is 0.257. The Morgan fingerprint density at radius 3 is 2.75 bits per heavy atom. The molecule has 0 spiro atoms. The number of hydrogen-bond donors (Lipinski definition) is 1. The second-order valence-corrected chi connectivity index (χ2v) is 5.24. The van der Waals surface area contributed by atoms with Crippen molar-refractivity contribution in [2.75, 3.05) is 11.9 Å². The molecule has 2 aromatic heterocycles. The summed E-state index contributed by atoms with van der Waals surface area (Å²) >= 11 is 1.20. The molecule has 2 rings (SSSR count). The van der Waals surface area contributed by atoms with Gasteiger partial charge in [-0.05, 0) is 38.5 Å². The fourth-order valence-electron chi connectivity index (χ4n) is 1.74. The van der Waals surface area contributed by atoms with Crippen LogP contribution in [0, 0.1) is 13.8 Å². The van der Waals surface area contributed by atoms with Crippen LogP contribution in [0.1, 0.15) is 38.3 Å². The summed E-state index contributed by atoms with van der Waals surface area (Å²) in [5.74, 6) is -0.0655. The molecule has 0 saturated carbocycles. The first kappa shape index (κ1) is 14.3. The molecule has 20 heavy (non-hydrogen) atoms. The van der Waals surface area contributed by atoms with Gasteiger partial charge in [-0.1, -0.05) is 0 Å². The lowest BCUT2D eigenvalue weighted by Gasteiger charge is -2.00. The van der Waals surface area contributed by atoms with Crippen molar-refractivity contribution < 1.29 is 18.7 Å². The number of thiophene rings is 1. The zero-order valence-electron chi connectivity index (χ0n) is 11.5. The second kappa shape index (κ2) is 5.92. The predicted molar refractivity (Wildman–Crippen MR) is 76.4 cm³/mol. The molecule has 0 atom stereocenters. The van der Waals surface area contributed by atoms with Gasteiger partial charge < -0.3 is 14.5 Å². The van der Waals surface area contributed by atoms with Crippen molar-refractivity contribution in [2.24, 2.45) is 0 Å². The van der Waals surface area contributed by atoms with Gasteiger partial charge in [-0.3, -0.25) is 4.79 Å². The normalized spacial score (nSPS) is 10.3. The quantitative estimate of drug-likeness (QED) is 0.877. The van der Waals surface area contributed by atoms with E-state index in [2.05, 4.69) is 5.32 Å². The molecule has 0 aliphatic rings. The van der Waals surface area contributed by atoms with Gasteiger partial charge in [0.1, 0.15) is 10.6 Å². The van der Waals surface area contributed by atoms with Crippen molar-refractivity contribution in [3.63, 3.8) is 0 Å². The van der Waals surface area contributed by atoms with E-state index in [4.69, 9.17) is 9.15 Å². The van der Waals surface area contributed by atoms with Gasteiger partial charge in [0, 0.05) is 0 Å². The van der Waals surface area contributed by atoms with Crippen LogP contribution in [-0.4, -0.2) is 18.5 Å². The molecule has 0 aromatic carbocycles. The number of aryl methyl sites for hydroxylation is 2. The van der Waals surface area contributed by atoms with Crippen LogP contribution in [-0.2, 0) is 4.74 Å². The van der Waals surface area contributed by atoms with E-state index in [1.807, 2.05) is 6.92 Å². The maximum atomic E-state index is 12.0. The van der Waals surface area contributed by atoms with E-state index >= 15 is 0 Å². The van der Waals surface area contributed by atoms with Crippen LogP contribution in [0.2, 0.25) is 0 Å². The van der Waals surface area contributed by atoms with Gasteiger partial charge in [0.05, 0.1) is 23.4 Å². The van der Waals surface area contributed by atoms with Crippen LogP contribution in [0.25, 0.3) is 0 Å². The lowest BCUT2D eigenvalue weighted by atomic mass is 10.2. The Labute approximate surface area is 120 Å². The fraction of sp³-hybridized carbons (Fsp3) is 0.286. The van der Waals surface area contributed by atoms with Crippen LogP contribution >= 0.6 is 11.3 Å². The number of esters is 1. The molecule has 0 unspecified atom stereocenters. The summed E-state index contributed by atoms with van der Waals surface area (Å²) < 4.78 is 10.1. The monoisotopic (exact) mass is 293 g/mol. The number of ether oxygens (including phenoxy) is 1. The van der Waals surface area contributed by atoms with Crippen molar-refractivity contribution in [2.45, 2.75) is 20.8 Å². The number of furan rings is 1.